The highest BCUT2D eigenvalue weighted by Gasteiger charge is 2.19. The lowest BCUT2D eigenvalue weighted by Gasteiger charge is -2.32. The third-order valence-electron chi connectivity index (χ3n) is 5.05. The van der Waals surface area contributed by atoms with Gasteiger partial charge >= 0.3 is 0 Å². The molecule has 1 aromatic heterocycles. The number of likely N-dealkylation sites (tertiary alicyclic amines) is 1. The highest BCUT2D eigenvalue weighted by atomic mass is 32.1. The van der Waals surface area contributed by atoms with Crippen molar-refractivity contribution in [3.8, 4) is 11.4 Å². The number of carbonyl (C=O) groups is 1. The molecule has 146 valence electrons. The Balaban J connectivity index is 1.61. The summed E-state index contributed by atoms with van der Waals surface area (Å²) in [6.07, 6.45) is 2.55. The van der Waals surface area contributed by atoms with Crippen LogP contribution in [0.15, 0.2) is 24.3 Å². The number of nitrogens with zero attached hydrogens (tertiary/aromatic N) is 3. The van der Waals surface area contributed by atoms with Crippen molar-refractivity contribution in [2.75, 3.05) is 19.6 Å². The molecule has 1 aliphatic rings. The van der Waals surface area contributed by atoms with Crippen LogP contribution in [0.3, 0.4) is 0 Å². The van der Waals surface area contributed by atoms with Crippen LogP contribution in [-0.4, -0.2) is 51.2 Å². The molecule has 0 spiro atoms. The number of aryl methyl sites for hydroxylation is 1. The number of benzene rings is 1. The molecule has 1 aromatic carbocycles. The van der Waals surface area contributed by atoms with E-state index in [4.69, 9.17) is 12.2 Å². The van der Waals surface area contributed by atoms with Crippen LogP contribution < -0.4 is 5.32 Å². The second-order valence-electron chi connectivity index (χ2n) is 7.78. The SMILES string of the molecule is Cc1ccc(-c2n[nH]c(=S)n2CC(=O)NC(C)CN2CCCC(C)C2)cc1. The molecular weight excluding hydrogens is 358 g/mol. The fourth-order valence-corrected chi connectivity index (χ4v) is 3.93. The van der Waals surface area contributed by atoms with Crippen LogP contribution in [0.5, 0.6) is 0 Å². The molecule has 1 amide bonds. The molecule has 7 heteroatoms. The smallest absolute Gasteiger partial charge is 0.240 e. The van der Waals surface area contributed by atoms with Crippen LogP contribution in [0.1, 0.15) is 32.3 Å². The van der Waals surface area contributed by atoms with Crippen molar-refractivity contribution in [2.24, 2.45) is 5.92 Å². The maximum absolute atomic E-state index is 12.6. The molecule has 0 radical (unpaired) electrons. The number of piperidine rings is 1. The highest BCUT2D eigenvalue weighted by molar-refractivity contribution is 7.71. The van der Waals surface area contributed by atoms with Gasteiger partial charge in [0.25, 0.3) is 0 Å². The zero-order valence-electron chi connectivity index (χ0n) is 16.4. The predicted octanol–water partition coefficient (Wildman–Crippen LogP) is 3.15. The molecule has 2 atom stereocenters. The van der Waals surface area contributed by atoms with Gasteiger partial charge in [0.2, 0.25) is 5.91 Å². The number of hydrogen-bond donors (Lipinski definition) is 2. The summed E-state index contributed by atoms with van der Waals surface area (Å²) in [4.78, 5) is 15.0. The van der Waals surface area contributed by atoms with Gasteiger partial charge in [0.15, 0.2) is 10.6 Å². The van der Waals surface area contributed by atoms with E-state index in [1.807, 2.05) is 31.2 Å². The van der Waals surface area contributed by atoms with Crippen molar-refractivity contribution < 1.29 is 4.79 Å². The van der Waals surface area contributed by atoms with Crippen molar-refractivity contribution in [1.29, 1.82) is 0 Å². The molecule has 1 fully saturated rings. The van der Waals surface area contributed by atoms with Crippen LogP contribution in [-0.2, 0) is 11.3 Å². The predicted molar refractivity (Wildman–Crippen MR) is 110 cm³/mol. The van der Waals surface area contributed by atoms with Crippen molar-refractivity contribution in [1.82, 2.24) is 25.0 Å². The van der Waals surface area contributed by atoms with Gasteiger partial charge in [0.05, 0.1) is 0 Å². The minimum atomic E-state index is -0.0431. The van der Waals surface area contributed by atoms with Crippen molar-refractivity contribution in [2.45, 2.75) is 46.2 Å². The monoisotopic (exact) mass is 387 g/mol. The molecule has 0 saturated carbocycles. The van der Waals surface area contributed by atoms with Gasteiger partial charge in [-0.15, -0.1) is 0 Å². The summed E-state index contributed by atoms with van der Waals surface area (Å²) in [7, 11) is 0. The second kappa shape index (κ2) is 8.80. The Morgan fingerprint density at radius 2 is 2.15 bits per heavy atom. The van der Waals surface area contributed by atoms with Crippen molar-refractivity contribution in [3.05, 3.63) is 34.6 Å². The minimum absolute atomic E-state index is 0.0431. The summed E-state index contributed by atoms with van der Waals surface area (Å²) in [5.74, 6) is 1.38. The van der Waals surface area contributed by atoms with Gasteiger partial charge < -0.3 is 10.2 Å². The summed E-state index contributed by atoms with van der Waals surface area (Å²) in [6.45, 7) is 9.69. The van der Waals surface area contributed by atoms with Gasteiger partial charge in [-0.05, 0) is 51.4 Å². The van der Waals surface area contributed by atoms with E-state index < -0.39 is 0 Å². The van der Waals surface area contributed by atoms with E-state index in [-0.39, 0.29) is 18.5 Å². The van der Waals surface area contributed by atoms with E-state index in [1.165, 1.54) is 18.4 Å². The van der Waals surface area contributed by atoms with Gasteiger partial charge in [-0.2, -0.15) is 5.10 Å². The molecule has 0 aliphatic carbocycles. The maximum Gasteiger partial charge on any atom is 0.240 e. The first kappa shape index (κ1) is 19.8. The number of aromatic nitrogens is 3. The zero-order chi connectivity index (χ0) is 19.4. The Kier molecular flexibility index (Phi) is 6.44. The largest absolute Gasteiger partial charge is 0.351 e. The highest BCUT2D eigenvalue weighted by Crippen LogP contribution is 2.18. The number of rotatable bonds is 6. The van der Waals surface area contributed by atoms with E-state index in [0.717, 1.165) is 31.1 Å². The average molecular weight is 388 g/mol. The van der Waals surface area contributed by atoms with Gasteiger partial charge in [-0.1, -0.05) is 36.8 Å². The van der Waals surface area contributed by atoms with E-state index in [9.17, 15) is 4.79 Å². The van der Waals surface area contributed by atoms with E-state index in [1.54, 1.807) is 4.57 Å². The van der Waals surface area contributed by atoms with Gasteiger partial charge in [-0.25, -0.2) is 0 Å². The molecule has 1 aliphatic heterocycles. The first-order valence-electron chi connectivity index (χ1n) is 9.66. The molecule has 2 aromatic rings. The molecule has 2 N–H and O–H groups in total. The topological polar surface area (TPSA) is 66.0 Å². The van der Waals surface area contributed by atoms with Gasteiger partial charge in [0.1, 0.15) is 6.54 Å². The van der Waals surface area contributed by atoms with E-state index >= 15 is 0 Å². The summed E-state index contributed by atoms with van der Waals surface area (Å²) < 4.78 is 2.21. The quantitative estimate of drug-likeness (QED) is 0.748. The number of aromatic amines is 1. The number of amides is 1. The Bertz CT molecular complexity index is 826. The molecule has 1 saturated heterocycles. The average Bonchev–Trinajstić information content (AvgIpc) is 2.96. The third-order valence-corrected chi connectivity index (χ3v) is 5.36. The molecular formula is C20H29N5OS. The normalized spacial score (nSPS) is 19.0. The first-order valence-corrected chi connectivity index (χ1v) is 10.1. The standard InChI is InChI=1S/C20H29N5OS/c1-14-6-8-17(9-7-14)19-22-23-20(27)25(19)13-18(26)21-16(3)12-24-10-4-5-15(2)11-24/h6-9,15-16H,4-5,10-13H2,1-3H3,(H,21,26)(H,23,27). The lowest BCUT2D eigenvalue weighted by Crippen LogP contribution is -2.45. The molecule has 3 rings (SSSR count). The second-order valence-corrected chi connectivity index (χ2v) is 8.17. The van der Waals surface area contributed by atoms with Gasteiger partial charge in [0, 0.05) is 24.7 Å². The number of carbonyl (C=O) groups excluding carboxylic acids is 1. The Morgan fingerprint density at radius 3 is 2.85 bits per heavy atom. The van der Waals surface area contributed by atoms with Crippen LogP contribution in [0.25, 0.3) is 11.4 Å². The fraction of sp³-hybridized carbons (Fsp3) is 0.550. The van der Waals surface area contributed by atoms with Crippen molar-refractivity contribution >= 4 is 18.1 Å². The molecule has 27 heavy (non-hydrogen) atoms. The summed E-state index contributed by atoms with van der Waals surface area (Å²) in [5.41, 5.74) is 2.12. The van der Waals surface area contributed by atoms with Gasteiger partial charge in [-0.3, -0.25) is 14.5 Å². The van der Waals surface area contributed by atoms with E-state index in [2.05, 4.69) is 34.3 Å². The number of nitrogens with one attached hydrogen (secondary N) is 2. The van der Waals surface area contributed by atoms with Crippen LogP contribution in [0.4, 0.5) is 0 Å². The minimum Gasteiger partial charge on any atom is -0.351 e. The number of H-pyrrole nitrogens is 1. The Hall–Kier alpha value is -1.99. The molecule has 2 unspecified atom stereocenters. The zero-order valence-corrected chi connectivity index (χ0v) is 17.2. The Labute approximate surface area is 166 Å². The maximum atomic E-state index is 12.6. The third kappa shape index (κ3) is 5.26. The lowest BCUT2D eigenvalue weighted by molar-refractivity contribution is -0.122. The lowest BCUT2D eigenvalue weighted by atomic mass is 10.00. The molecule has 0 bridgehead atoms. The first-order chi connectivity index (χ1) is 12.9. The Morgan fingerprint density at radius 1 is 1.41 bits per heavy atom. The summed E-state index contributed by atoms with van der Waals surface area (Å²) in [6, 6.07) is 8.15. The van der Waals surface area contributed by atoms with Crippen LogP contribution in [0.2, 0.25) is 0 Å². The van der Waals surface area contributed by atoms with Crippen LogP contribution in [0, 0.1) is 17.6 Å². The summed E-state index contributed by atoms with van der Waals surface area (Å²) >= 11 is 5.33. The molecule has 2 heterocycles. The van der Waals surface area contributed by atoms with Crippen LogP contribution >= 0.6 is 12.2 Å². The fourth-order valence-electron chi connectivity index (χ4n) is 3.74. The van der Waals surface area contributed by atoms with Crippen molar-refractivity contribution in [3.63, 3.8) is 0 Å². The number of hydrogen-bond acceptors (Lipinski definition) is 4. The molecule has 6 nitrogen and oxygen atoms in total. The summed E-state index contributed by atoms with van der Waals surface area (Å²) in [5, 5.41) is 10.2. The van der Waals surface area contributed by atoms with E-state index in [0.29, 0.717) is 10.6 Å².